The molecule has 0 aliphatic carbocycles. The van der Waals surface area contributed by atoms with E-state index in [4.69, 9.17) is 9.15 Å². The number of ether oxygens (including phenoxy) is 1. The van der Waals surface area contributed by atoms with Gasteiger partial charge in [-0.2, -0.15) is 0 Å². The average Bonchev–Trinajstić information content (AvgIpc) is 3.30. The van der Waals surface area contributed by atoms with Gasteiger partial charge >= 0.3 is 0 Å². The monoisotopic (exact) mass is 418 g/mol. The molecule has 0 N–H and O–H groups in total. The van der Waals surface area contributed by atoms with E-state index in [9.17, 15) is 9.59 Å². The van der Waals surface area contributed by atoms with E-state index in [0.29, 0.717) is 36.8 Å². The van der Waals surface area contributed by atoms with Crippen molar-refractivity contribution in [2.45, 2.75) is 6.92 Å². The predicted molar refractivity (Wildman–Crippen MR) is 118 cm³/mol. The van der Waals surface area contributed by atoms with E-state index in [0.717, 1.165) is 30.9 Å². The number of furan rings is 1. The lowest BCUT2D eigenvalue weighted by molar-refractivity contribution is 0.0591. The van der Waals surface area contributed by atoms with Gasteiger partial charge in [-0.1, -0.05) is 42.5 Å². The molecule has 2 heterocycles. The Bertz CT molecular complexity index is 1020. The van der Waals surface area contributed by atoms with Crippen LogP contribution in [-0.4, -0.2) is 60.8 Å². The molecular weight excluding hydrogens is 392 g/mol. The van der Waals surface area contributed by atoms with Crippen LogP contribution in [0.5, 0.6) is 5.75 Å². The Kier molecular flexibility index (Phi) is 6.48. The molecule has 0 atom stereocenters. The van der Waals surface area contributed by atoms with Crippen molar-refractivity contribution in [2.75, 3.05) is 39.3 Å². The number of nitrogens with zero attached hydrogens (tertiary/aromatic N) is 2. The fourth-order valence-corrected chi connectivity index (χ4v) is 3.62. The number of ketones is 1. The molecule has 1 saturated heterocycles. The van der Waals surface area contributed by atoms with E-state index in [-0.39, 0.29) is 11.7 Å². The van der Waals surface area contributed by atoms with Crippen LogP contribution in [0.15, 0.2) is 71.1 Å². The largest absolute Gasteiger partial charge is 0.492 e. The van der Waals surface area contributed by atoms with Crippen LogP contribution in [0.25, 0.3) is 11.3 Å². The first-order valence-electron chi connectivity index (χ1n) is 10.5. The van der Waals surface area contributed by atoms with Crippen LogP contribution in [0.1, 0.15) is 27.8 Å². The van der Waals surface area contributed by atoms with Gasteiger partial charge in [0.15, 0.2) is 11.5 Å². The summed E-state index contributed by atoms with van der Waals surface area (Å²) in [6.45, 7) is 5.93. The molecule has 0 radical (unpaired) electrons. The summed E-state index contributed by atoms with van der Waals surface area (Å²) in [6.07, 6.45) is 0. The highest BCUT2D eigenvalue weighted by atomic mass is 16.5. The summed E-state index contributed by atoms with van der Waals surface area (Å²) in [4.78, 5) is 28.4. The lowest BCUT2D eigenvalue weighted by Gasteiger charge is -2.34. The number of carbonyl (C=O) groups is 2. The molecule has 1 aliphatic heterocycles. The first kappa shape index (κ1) is 20.9. The van der Waals surface area contributed by atoms with Crippen molar-refractivity contribution >= 4 is 11.7 Å². The molecule has 3 aromatic rings. The number of para-hydroxylation sites is 1. The van der Waals surface area contributed by atoms with E-state index in [2.05, 4.69) is 4.90 Å². The zero-order valence-corrected chi connectivity index (χ0v) is 17.6. The number of benzene rings is 2. The van der Waals surface area contributed by atoms with Crippen molar-refractivity contribution in [2.24, 2.45) is 0 Å². The molecule has 1 amide bonds. The van der Waals surface area contributed by atoms with Gasteiger partial charge < -0.3 is 14.1 Å². The summed E-state index contributed by atoms with van der Waals surface area (Å²) in [5.74, 6) is 1.77. The normalized spacial score (nSPS) is 14.4. The number of hydrogen-bond acceptors (Lipinski definition) is 5. The zero-order valence-electron chi connectivity index (χ0n) is 17.6. The summed E-state index contributed by atoms with van der Waals surface area (Å²) in [7, 11) is 0. The third-order valence-corrected chi connectivity index (χ3v) is 5.47. The molecule has 160 valence electrons. The highest BCUT2D eigenvalue weighted by molar-refractivity contribution is 5.94. The molecule has 6 heteroatoms. The molecular formula is C25H26N2O4. The first-order valence-corrected chi connectivity index (χ1v) is 10.5. The molecule has 0 saturated carbocycles. The minimum atomic E-state index is -0.0909. The standard InChI is InChI=1S/C25H26N2O4/c1-19(28)20-7-9-21(10-8-20)23-11-12-24(31-23)25(29)27-15-13-26(14-16-27)17-18-30-22-5-3-2-4-6-22/h2-12H,13-18H2,1H3. The Hall–Kier alpha value is -3.38. The Morgan fingerprint density at radius 2 is 1.61 bits per heavy atom. The van der Waals surface area contributed by atoms with Crippen LogP contribution in [0, 0.1) is 0 Å². The number of piperazine rings is 1. The SMILES string of the molecule is CC(=O)c1ccc(-c2ccc(C(=O)N3CCN(CCOc4ccccc4)CC3)o2)cc1. The predicted octanol–water partition coefficient (Wildman–Crippen LogP) is 3.99. The van der Waals surface area contributed by atoms with E-state index in [1.54, 1.807) is 24.3 Å². The molecule has 0 unspecified atom stereocenters. The summed E-state index contributed by atoms with van der Waals surface area (Å²) < 4.78 is 11.6. The third-order valence-electron chi connectivity index (χ3n) is 5.47. The van der Waals surface area contributed by atoms with Crippen molar-refractivity contribution < 1.29 is 18.7 Å². The van der Waals surface area contributed by atoms with Crippen molar-refractivity contribution in [1.29, 1.82) is 0 Å². The maximum absolute atomic E-state index is 12.8. The minimum absolute atomic E-state index is 0.0210. The fraction of sp³-hybridized carbons (Fsp3) is 0.280. The number of hydrogen-bond donors (Lipinski definition) is 0. The summed E-state index contributed by atoms with van der Waals surface area (Å²) in [5, 5.41) is 0. The quantitative estimate of drug-likeness (QED) is 0.543. The Balaban J connectivity index is 1.27. The van der Waals surface area contributed by atoms with E-state index in [1.165, 1.54) is 6.92 Å². The van der Waals surface area contributed by atoms with E-state index < -0.39 is 0 Å². The van der Waals surface area contributed by atoms with Crippen LogP contribution in [-0.2, 0) is 0 Å². The second-order valence-electron chi connectivity index (χ2n) is 7.59. The summed E-state index contributed by atoms with van der Waals surface area (Å²) in [6, 6.07) is 20.5. The lowest BCUT2D eigenvalue weighted by Crippen LogP contribution is -2.49. The van der Waals surface area contributed by atoms with Crippen LogP contribution in [0.3, 0.4) is 0 Å². The lowest BCUT2D eigenvalue weighted by atomic mass is 10.1. The highest BCUT2D eigenvalue weighted by Gasteiger charge is 2.24. The Morgan fingerprint density at radius 1 is 0.903 bits per heavy atom. The van der Waals surface area contributed by atoms with Gasteiger partial charge in [-0.25, -0.2) is 0 Å². The molecule has 0 spiro atoms. The van der Waals surface area contributed by atoms with Crippen molar-refractivity contribution in [1.82, 2.24) is 9.80 Å². The van der Waals surface area contributed by atoms with Crippen molar-refractivity contribution in [3.05, 3.63) is 78.1 Å². The van der Waals surface area contributed by atoms with Gasteiger partial charge in [0, 0.05) is 43.9 Å². The molecule has 2 aromatic carbocycles. The topological polar surface area (TPSA) is 63.0 Å². The van der Waals surface area contributed by atoms with Gasteiger partial charge in [0.25, 0.3) is 5.91 Å². The van der Waals surface area contributed by atoms with Crippen LogP contribution in [0.4, 0.5) is 0 Å². The molecule has 6 nitrogen and oxygen atoms in total. The van der Waals surface area contributed by atoms with Crippen LogP contribution in [0.2, 0.25) is 0 Å². The summed E-state index contributed by atoms with van der Waals surface area (Å²) >= 11 is 0. The number of Topliss-reactive ketones (excluding diaryl/α,β-unsaturated/α-hetero) is 1. The maximum Gasteiger partial charge on any atom is 0.289 e. The van der Waals surface area contributed by atoms with Gasteiger partial charge in [0.05, 0.1) is 0 Å². The molecule has 1 aliphatic rings. The molecule has 31 heavy (non-hydrogen) atoms. The number of carbonyl (C=O) groups excluding carboxylic acids is 2. The van der Waals surface area contributed by atoms with Crippen LogP contribution < -0.4 is 4.74 Å². The first-order chi connectivity index (χ1) is 15.1. The van der Waals surface area contributed by atoms with Crippen molar-refractivity contribution in [3.8, 4) is 17.1 Å². The second-order valence-corrected chi connectivity index (χ2v) is 7.59. The minimum Gasteiger partial charge on any atom is -0.492 e. The third kappa shape index (κ3) is 5.22. The van der Waals surface area contributed by atoms with Gasteiger partial charge in [0.1, 0.15) is 18.1 Å². The molecule has 1 fully saturated rings. The zero-order chi connectivity index (χ0) is 21.6. The number of amides is 1. The highest BCUT2D eigenvalue weighted by Crippen LogP contribution is 2.24. The second kappa shape index (κ2) is 9.62. The molecule has 4 rings (SSSR count). The van der Waals surface area contributed by atoms with Gasteiger partial charge in [-0.05, 0) is 31.2 Å². The van der Waals surface area contributed by atoms with Gasteiger partial charge in [0.2, 0.25) is 0 Å². The Labute approximate surface area is 182 Å². The van der Waals surface area contributed by atoms with Crippen molar-refractivity contribution in [3.63, 3.8) is 0 Å². The van der Waals surface area contributed by atoms with Gasteiger partial charge in [-0.3, -0.25) is 14.5 Å². The average molecular weight is 418 g/mol. The van der Waals surface area contributed by atoms with E-state index >= 15 is 0 Å². The molecule has 1 aromatic heterocycles. The van der Waals surface area contributed by atoms with Crippen LogP contribution >= 0.6 is 0 Å². The number of rotatable bonds is 7. The smallest absolute Gasteiger partial charge is 0.289 e. The van der Waals surface area contributed by atoms with E-state index in [1.807, 2.05) is 47.4 Å². The maximum atomic E-state index is 12.8. The molecule has 0 bridgehead atoms. The summed E-state index contributed by atoms with van der Waals surface area (Å²) in [5.41, 5.74) is 1.49. The fourth-order valence-electron chi connectivity index (χ4n) is 3.62. The van der Waals surface area contributed by atoms with Gasteiger partial charge in [-0.15, -0.1) is 0 Å². The Morgan fingerprint density at radius 3 is 2.29 bits per heavy atom.